The third-order valence-corrected chi connectivity index (χ3v) is 8.04. The van der Waals surface area contributed by atoms with Crippen LogP contribution in [0, 0.1) is 0 Å². The molecule has 1 amide bonds. The molecule has 0 aliphatic carbocycles. The molecular formula is C29H30N2O6S. The maximum Gasteiger partial charge on any atom is 0.339 e. The van der Waals surface area contributed by atoms with Gasteiger partial charge in [-0.2, -0.15) is 4.31 Å². The van der Waals surface area contributed by atoms with E-state index in [1.54, 1.807) is 55.7 Å². The molecule has 1 saturated heterocycles. The third-order valence-electron chi connectivity index (χ3n) is 6.15. The van der Waals surface area contributed by atoms with Crippen molar-refractivity contribution in [1.82, 2.24) is 4.31 Å². The van der Waals surface area contributed by atoms with Crippen LogP contribution in [0.4, 0.5) is 5.69 Å². The summed E-state index contributed by atoms with van der Waals surface area (Å²) in [4.78, 5) is 25.8. The maximum absolute atomic E-state index is 13.1. The number of ether oxygens (including phenoxy) is 2. The van der Waals surface area contributed by atoms with Crippen LogP contribution in [0.25, 0.3) is 11.6 Å². The van der Waals surface area contributed by atoms with Gasteiger partial charge in [0.25, 0.3) is 5.91 Å². The summed E-state index contributed by atoms with van der Waals surface area (Å²) in [6.07, 6.45) is 4.33. The fourth-order valence-corrected chi connectivity index (χ4v) is 5.78. The highest BCUT2D eigenvalue weighted by Gasteiger charge is 2.26. The molecular weight excluding hydrogens is 504 g/mol. The summed E-state index contributed by atoms with van der Waals surface area (Å²) in [5, 5.41) is 2.62. The Morgan fingerprint density at radius 1 is 0.921 bits per heavy atom. The van der Waals surface area contributed by atoms with Gasteiger partial charge in [-0.3, -0.25) is 4.79 Å². The third kappa shape index (κ3) is 6.67. The number of hydrogen-bond acceptors (Lipinski definition) is 6. The molecule has 1 heterocycles. The predicted molar refractivity (Wildman–Crippen MR) is 146 cm³/mol. The van der Waals surface area contributed by atoms with Gasteiger partial charge in [0.1, 0.15) is 5.75 Å². The average Bonchev–Trinajstić information content (AvgIpc) is 2.96. The lowest BCUT2D eigenvalue weighted by molar-refractivity contribution is -0.141. The van der Waals surface area contributed by atoms with Crippen molar-refractivity contribution >= 4 is 39.2 Å². The first-order valence-corrected chi connectivity index (χ1v) is 13.8. The Balaban J connectivity index is 1.46. The van der Waals surface area contributed by atoms with Gasteiger partial charge in [0.05, 0.1) is 17.6 Å². The summed E-state index contributed by atoms with van der Waals surface area (Å²) in [5.74, 6) is -0.680. The smallest absolute Gasteiger partial charge is 0.339 e. The number of benzene rings is 3. The monoisotopic (exact) mass is 534 g/mol. The molecule has 0 radical (unpaired) electrons. The fourth-order valence-electron chi connectivity index (χ4n) is 4.21. The van der Waals surface area contributed by atoms with Crippen LogP contribution in [-0.4, -0.2) is 51.4 Å². The number of methoxy groups -OCH3 is 1. The van der Waals surface area contributed by atoms with Gasteiger partial charge in [0.2, 0.25) is 10.0 Å². The van der Waals surface area contributed by atoms with E-state index in [2.05, 4.69) is 5.32 Å². The highest BCUT2D eigenvalue weighted by Crippen LogP contribution is 2.26. The fraction of sp³-hybridized carbons (Fsp3) is 0.241. The zero-order valence-electron chi connectivity index (χ0n) is 21.1. The minimum atomic E-state index is -3.64. The number of sulfonamides is 1. The molecule has 0 unspecified atom stereocenters. The number of esters is 1. The molecule has 4 rings (SSSR count). The maximum atomic E-state index is 13.1. The number of hydrogen-bond donors (Lipinski definition) is 1. The number of nitrogens with zero attached hydrogens (tertiary/aromatic N) is 1. The second-order valence-corrected chi connectivity index (χ2v) is 10.7. The molecule has 198 valence electrons. The molecule has 0 spiro atoms. The van der Waals surface area contributed by atoms with Crippen molar-refractivity contribution in [3.63, 3.8) is 0 Å². The number of rotatable bonds is 9. The summed E-state index contributed by atoms with van der Waals surface area (Å²) in [5.41, 5.74) is 1.87. The number of piperidine rings is 1. The van der Waals surface area contributed by atoms with Gasteiger partial charge in [-0.15, -0.1) is 0 Å². The summed E-state index contributed by atoms with van der Waals surface area (Å²) in [6.45, 7) is 0.431. The Bertz CT molecular complexity index is 1410. The van der Waals surface area contributed by atoms with Crippen LogP contribution in [0.5, 0.6) is 5.75 Å². The average molecular weight is 535 g/mol. The van der Waals surface area contributed by atoms with Crippen LogP contribution in [0.2, 0.25) is 0 Å². The molecule has 0 aromatic heterocycles. The van der Waals surface area contributed by atoms with E-state index in [0.29, 0.717) is 35.7 Å². The van der Waals surface area contributed by atoms with Crippen LogP contribution in [-0.2, 0) is 24.3 Å². The lowest BCUT2D eigenvalue weighted by Gasteiger charge is -2.26. The second kappa shape index (κ2) is 12.5. The lowest BCUT2D eigenvalue weighted by atomic mass is 10.0. The molecule has 1 aliphatic heterocycles. The summed E-state index contributed by atoms with van der Waals surface area (Å²) < 4.78 is 38.2. The number of anilines is 1. The highest BCUT2D eigenvalue weighted by molar-refractivity contribution is 7.89. The van der Waals surface area contributed by atoms with E-state index in [0.717, 1.165) is 19.3 Å². The van der Waals surface area contributed by atoms with Crippen molar-refractivity contribution in [3.8, 4) is 5.75 Å². The highest BCUT2D eigenvalue weighted by atomic mass is 32.2. The van der Waals surface area contributed by atoms with Crippen LogP contribution < -0.4 is 10.1 Å². The molecule has 1 N–H and O–H groups in total. The summed E-state index contributed by atoms with van der Waals surface area (Å²) in [6, 6.07) is 22.3. The van der Waals surface area contributed by atoms with Gasteiger partial charge < -0.3 is 14.8 Å². The van der Waals surface area contributed by atoms with Crippen molar-refractivity contribution < 1.29 is 27.5 Å². The van der Waals surface area contributed by atoms with Crippen molar-refractivity contribution in [3.05, 3.63) is 90.0 Å². The first-order chi connectivity index (χ1) is 18.4. The van der Waals surface area contributed by atoms with Crippen molar-refractivity contribution in [1.29, 1.82) is 0 Å². The molecule has 0 saturated carbocycles. The topological polar surface area (TPSA) is 102 Å². The molecule has 9 heteroatoms. The normalized spacial score (nSPS) is 14.5. The van der Waals surface area contributed by atoms with E-state index in [1.165, 1.54) is 16.4 Å². The zero-order valence-corrected chi connectivity index (χ0v) is 21.9. The minimum Gasteiger partial charge on any atom is -0.496 e. The first-order valence-electron chi connectivity index (χ1n) is 12.4. The van der Waals surface area contributed by atoms with Crippen LogP contribution in [0.15, 0.2) is 83.8 Å². The van der Waals surface area contributed by atoms with Gasteiger partial charge in [0.15, 0.2) is 6.61 Å². The second-order valence-electron chi connectivity index (χ2n) is 8.78. The molecule has 0 bridgehead atoms. The van der Waals surface area contributed by atoms with Gasteiger partial charge in [-0.25, -0.2) is 13.2 Å². The Morgan fingerprint density at radius 2 is 1.63 bits per heavy atom. The Morgan fingerprint density at radius 3 is 2.37 bits per heavy atom. The number of para-hydroxylation sites is 1. The standard InChI is InChI=1S/C29H30N2O6S/c1-36-27-16-7-6-13-23(27)19-26(22-11-4-2-5-12-22)29(33)37-21-28(32)30-24-14-10-15-25(20-24)38(34,35)31-17-8-3-9-18-31/h2,4-7,10-16,19-20H,3,8-9,17-18,21H2,1H3,(H,30,32)/b26-19+. The Labute approximate surface area is 222 Å². The van der Waals surface area contributed by atoms with Crippen LogP contribution in [0.3, 0.4) is 0 Å². The van der Waals surface area contributed by atoms with E-state index < -0.39 is 28.5 Å². The molecule has 3 aromatic carbocycles. The molecule has 1 aliphatic rings. The lowest BCUT2D eigenvalue weighted by Crippen LogP contribution is -2.35. The quantitative estimate of drug-likeness (QED) is 0.245. The molecule has 3 aromatic rings. The SMILES string of the molecule is COc1ccccc1/C=C(/C(=O)OCC(=O)Nc1cccc(S(=O)(=O)N2CCCCC2)c1)c1ccccc1. The van der Waals surface area contributed by atoms with Crippen molar-refractivity contribution in [2.75, 3.05) is 32.1 Å². The molecule has 0 atom stereocenters. The van der Waals surface area contributed by atoms with Crippen molar-refractivity contribution in [2.45, 2.75) is 24.2 Å². The van der Waals surface area contributed by atoms with E-state index in [1.807, 2.05) is 24.3 Å². The number of carbonyl (C=O) groups is 2. The molecule has 8 nitrogen and oxygen atoms in total. The number of amides is 1. The van der Waals surface area contributed by atoms with Crippen LogP contribution >= 0.6 is 0 Å². The summed E-state index contributed by atoms with van der Waals surface area (Å²) >= 11 is 0. The van der Waals surface area contributed by atoms with Gasteiger partial charge in [0, 0.05) is 24.3 Å². The van der Waals surface area contributed by atoms with Crippen molar-refractivity contribution in [2.24, 2.45) is 0 Å². The zero-order chi connectivity index (χ0) is 27.0. The Hall–Kier alpha value is -3.95. The molecule has 38 heavy (non-hydrogen) atoms. The van der Waals surface area contributed by atoms with Gasteiger partial charge in [-0.1, -0.05) is 61.0 Å². The summed E-state index contributed by atoms with van der Waals surface area (Å²) in [7, 11) is -2.10. The van der Waals surface area contributed by atoms with E-state index >= 15 is 0 Å². The van der Waals surface area contributed by atoms with E-state index in [9.17, 15) is 18.0 Å². The Kier molecular flexibility index (Phi) is 8.93. The molecule has 1 fully saturated rings. The van der Waals surface area contributed by atoms with E-state index in [4.69, 9.17) is 9.47 Å². The number of carbonyl (C=O) groups excluding carboxylic acids is 2. The van der Waals surface area contributed by atoms with Crippen LogP contribution in [0.1, 0.15) is 30.4 Å². The van der Waals surface area contributed by atoms with Gasteiger partial charge in [-0.05, 0) is 48.7 Å². The predicted octanol–water partition coefficient (Wildman–Crippen LogP) is 4.59. The number of nitrogens with one attached hydrogen (secondary N) is 1. The van der Waals surface area contributed by atoms with E-state index in [-0.39, 0.29) is 10.5 Å². The van der Waals surface area contributed by atoms with Gasteiger partial charge >= 0.3 is 5.97 Å². The largest absolute Gasteiger partial charge is 0.496 e. The minimum absolute atomic E-state index is 0.111. The first kappa shape index (κ1) is 27.1.